The van der Waals surface area contributed by atoms with Crippen molar-refractivity contribution in [2.45, 2.75) is 24.7 Å². The molecule has 1 aliphatic carbocycles. The van der Waals surface area contributed by atoms with Crippen LogP contribution in [0.1, 0.15) is 34.7 Å². The van der Waals surface area contributed by atoms with Gasteiger partial charge in [0, 0.05) is 23.2 Å². The Kier molecular flexibility index (Phi) is 2.75. The molecule has 0 saturated heterocycles. The topological polar surface area (TPSA) is 15.8 Å². The van der Waals surface area contributed by atoms with E-state index in [1.807, 2.05) is 0 Å². The van der Waals surface area contributed by atoms with Gasteiger partial charge in [0.05, 0.1) is 0 Å². The molecule has 3 aromatic rings. The van der Waals surface area contributed by atoms with Gasteiger partial charge in [-0.3, -0.25) is 0 Å². The summed E-state index contributed by atoms with van der Waals surface area (Å²) in [4.78, 5) is 3.46. The number of aryl methyl sites for hydroxylation is 1. The standard InChI is InChI=1S/C20H19N/c1-15-12-13-21-19(15)18-14-20(18,16-8-4-2-5-9-16)17-10-6-3-7-11-17/h2-13,18,21H,14H2,1H3. The van der Waals surface area contributed by atoms with Crippen LogP contribution in [-0.2, 0) is 5.41 Å². The van der Waals surface area contributed by atoms with E-state index >= 15 is 0 Å². The Balaban J connectivity index is 1.85. The molecule has 1 heteroatoms. The quantitative estimate of drug-likeness (QED) is 0.705. The molecule has 1 heterocycles. The highest BCUT2D eigenvalue weighted by Gasteiger charge is 2.57. The first-order valence-corrected chi connectivity index (χ1v) is 7.57. The minimum absolute atomic E-state index is 0.137. The zero-order valence-corrected chi connectivity index (χ0v) is 12.2. The number of H-pyrrole nitrogens is 1. The minimum Gasteiger partial charge on any atom is -0.365 e. The summed E-state index contributed by atoms with van der Waals surface area (Å²) in [5.41, 5.74) is 5.75. The summed E-state index contributed by atoms with van der Waals surface area (Å²) < 4.78 is 0. The van der Waals surface area contributed by atoms with Gasteiger partial charge in [0.2, 0.25) is 0 Å². The predicted molar refractivity (Wildman–Crippen MR) is 86.6 cm³/mol. The van der Waals surface area contributed by atoms with E-state index in [1.54, 1.807) is 0 Å². The summed E-state index contributed by atoms with van der Waals surface area (Å²) >= 11 is 0. The lowest BCUT2D eigenvalue weighted by Crippen LogP contribution is -2.12. The van der Waals surface area contributed by atoms with Crippen LogP contribution in [0.5, 0.6) is 0 Å². The number of nitrogens with one attached hydrogen (secondary N) is 1. The van der Waals surface area contributed by atoms with Crippen molar-refractivity contribution in [3.05, 3.63) is 95.3 Å². The average Bonchev–Trinajstić information content (AvgIpc) is 3.16. The van der Waals surface area contributed by atoms with Crippen LogP contribution in [0.4, 0.5) is 0 Å². The van der Waals surface area contributed by atoms with E-state index in [0.29, 0.717) is 5.92 Å². The summed E-state index contributed by atoms with van der Waals surface area (Å²) in [5, 5.41) is 0. The molecule has 21 heavy (non-hydrogen) atoms. The molecular weight excluding hydrogens is 254 g/mol. The Bertz CT molecular complexity index is 700. The molecule has 1 aromatic heterocycles. The van der Waals surface area contributed by atoms with Gasteiger partial charge >= 0.3 is 0 Å². The lowest BCUT2D eigenvalue weighted by molar-refractivity contribution is 0.790. The SMILES string of the molecule is Cc1cc[nH]c1C1CC1(c1ccccc1)c1ccccc1. The van der Waals surface area contributed by atoms with E-state index in [2.05, 4.69) is 84.8 Å². The van der Waals surface area contributed by atoms with Crippen LogP contribution in [0.2, 0.25) is 0 Å². The van der Waals surface area contributed by atoms with E-state index in [9.17, 15) is 0 Å². The average molecular weight is 273 g/mol. The summed E-state index contributed by atoms with van der Waals surface area (Å²) in [6.07, 6.45) is 3.24. The molecule has 1 atom stereocenters. The minimum atomic E-state index is 0.137. The zero-order chi connectivity index (χ0) is 14.3. The molecule has 1 nitrogen and oxygen atoms in total. The van der Waals surface area contributed by atoms with E-state index in [1.165, 1.54) is 28.8 Å². The van der Waals surface area contributed by atoms with Gasteiger partial charge in [-0.1, -0.05) is 60.7 Å². The molecule has 0 amide bonds. The maximum Gasteiger partial charge on any atom is 0.0292 e. The van der Waals surface area contributed by atoms with E-state index < -0.39 is 0 Å². The Morgan fingerprint density at radius 2 is 1.43 bits per heavy atom. The number of aromatic nitrogens is 1. The highest BCUT2D eigenvalue weighted by atomic mass is 14.8. The van der Waals surface area contributed by atoms with Crippen molar-refractivity contribution < 1.29 is 0 Å². The van der Waals surface area contributed by atoms with Crippen molar-refractivity contribution in [3.63, 3.8) is 0 Å². The second-order valence-electron chi connectivity index (χ2n) is 6.03. The number of aromatic amines is 1. The van der Waals surface area contributed by atoms with Gasteiger partial charge in [-0.25, -0.2) is 0 Å². The molecule has 0 spiro atoms. The van der Waals surface area contributed by atoms with Crippen LogP contribution in [0, 0.1) is 6.92 Å². The van der Waals surface area contributed by atoms with Gasteiger partial charge in [-0.05, 0) is 36.1 Å². The number of benzene rings is 2. The fourth-order valence-electron chi connectivity index (χ4n) is 3.72. The Morgan fingerprint density at radius 3 is 1.90 bits per heavy atom. The first kappa shape index (κ1) is 12.5. The third-order valence-corrected chi connectivity index (χ3v) is 4.88. The fraction of sp³-hybridized carbons (Fsp3) is 0.200. The highest BCUT2D eigenvalue weighted by Crippen LogP contribution is 2.64. The van der Waals surface area contributed by atoms with Crippen LogP contribution < -0.4 is 0 Å². The van der Waals surface area contributed by atoms with Gasteiger partial charge in [-0.2, -0.15) is 0 Å². The van der Waals surface area contributed by atoms with Gasteiger partial charge in [0.15, 0.2) is 0 Å². The molecule has 1 aliphatic rings. The molecule has 1 fully saturated rings. The van der Waals surface area contributed by atoms with Gasteiger partial charge < -0.3 is 4.98 Å². The third kappa shape index (κ3) is 1.84. The number of hydrogen-bond donors (Lipinski definition) is 1. The number of rotatable bonds is 3. The van der Waals surface area contributed by atoms with Crippen LogP contribution in [-0.4, -0.2) is 4.98 Å². The van der Waals surface area contributed by atoms with Crippen LogP contribution in [0.3, 0.4) is 0 Å². The smallest absolute Gasteiger partial charge is 0.0292 e. The first-order valence-electron chi connectivity index (χ1n) is 7.57. The molecule has 2 aromatic carbocycles. The molecule has 0 bridgehead atoms. The highest BCUT2D eigenvalue weighted by molar-refractivity contribution is 5.53. The molecular formula is C20H19N. The van der Waals surface area contributed by atoms with E-state index in [0.717, 1.165) is 0 Å². The Morgan fingerprint density at radius 1 is 0.857 bits per heavy atom. The lowest BCUT2D eigenvalue weighted by Gasteiger charge is -2.19. The third-order valence-electron chi connectivity index (χ3n) is 4.88. The largest absolute Gasteiger partial charge is 0.365 e. The lowest BCUT2D eigenvalue weighted by atomic mass is 9.85. The van der Waals surface area contributed by atoms with Crippen LogP contribution in [0.25, 0.3) is 0 Å². The van der Waals surface area contributed by atoms with Gasteiger partial charge in [0.25, 0.3) is 0 Å². The van der Waals surface area contributed by atoms with Crippen molar-refractivity contribution in [1.29, 1.82) is 0 Å². The molecule has 1 N–H and O–H groups in total. The Labute approximate surface area is 125 Å². The normalized spacial score (nSPS) is 19.4. The van der Waals surface area contributed by atoms with Crippen LogP contribution >= 0.6 is 0 Å². The summed E-state index contributed by atoms with van der Waals surface area (Å²) in [6, 6.07) is 24.0. The maximum atomic E-state index is 3.46. The van der Waals surface area contributed by atoms with Crippen molar-refractivity contribution in [1.82, 2.24) is 4.98 Å². The van der Waals surface area contributed by atoms with Crippen molar-refractivity contribution >= 4 is 0 Å². The summed E-state index contributed by atoms with van der Waals surface area (Å²) in [7, 11) is 0. The summed E-state index contributed by atoms with van der Waals surface area (Å²) in [5.74, 6) is 0.553. The van der Waals surface area contributed by atoms with Crippen molar-refractivity contribution in [3.8, 4) is 0 Å². The van der Waals surface area contributed by atoms with Gasteiger partial charge in [-0.15, -0.1) is 0 Å². The first-order chi connectivity index (χ1) is 10.3. The van der Waals surface area contributed by atoms with Crippen LogP contribution in [0.15, 0.2) is 72.9 Å². The second kappa shape index (κ2) is 4.63. The fourth-order valence-corrected chi connectivity index (χ4v) is 3.72. The number of hydrogen-bond acceptors (Lipinski definition) is 0. The zero-order valence-electron chi connectivity index (χ0n) is 12.2. The van der Waals surface area contributed by atoms with E-state index in [4.69, 9.17) is 0 Å². The predicted octanol–water partition coefficient (Wildman–Crippen LogP) is 4.80. The summed E-state index contributed by atoms with van der Waals surface area (Å²) in [6.45, 7) is 2.20. The molecule has 0 aliphatic heterocycles. The van der Waals surface area contributed by atoms with E-state index in [-0.39, 0.29) is 5.41 Å². The molecule has 0 radical (unpaired) electrons. The van der Waals surface area contributed by atoms with Crippen molar-refractivity contribution in [2.75, 3.05) is 0 Å². The maximum absolute atomic E-state index is 3.46. The van der Waals surface area contributed by atoms with Crippen molar-refractivity contribution in [2.24, 2.45) is 0 Å². The molecule has 1 saturated carbocycles. The Hall–Kier alpha value is -2.28. The van der Waals surface area contributed by atoms with Gasteiger partial charge in [0.1, 0.15) is 0 Å². The monoisotopic (exact) mass is 273 g/mol. The second-order valence-corrected chi connectivity index (χ2v) is 6.03. The molecule has 1 unspecified atom stereocenters. The molecule has 4 rings (SSSR count). The molecule has 104 valence electrons.